The van der Waals surface area contributed by atoms with Crippen LogP contribution in [0.15, 0.2) is 60.8 Å². The first-order valence-corrected chi connectivity index (χ1v) is 13.0. The van der Waals surface area contributed by atoms with E-state index in [1.807, 2.05) is 35.0 Å². The molecule has 5 heterocycles. The minimum atomic E-state index is -0.198. The van der Waals surface area contributed by atoms with E-state index in [4.69, 9.17) is 10.1 Å². The summed E-state index contributed by atoms with van der Waals surface area (Å²) >= 11 is 0. The van der Waals surface area contributed by atoms with Gasteiger partial charge in [-0.25, -0.2) is 18.9 Å². The Morgan fingerprint density at radius 2 is 1.83 bits per heavy atom. The average Bonchev–Trinajstić information content (AvgIpc) is 3.57. The molecular formula is C28H32FN7. The Morgan fingerprint density at radius 1 is 0.972 bits per heavy atom. The van der Waals surface area contributed by atoms with Gasteiger partial charge >= 0.3 is 0 Å². The lowest BCUT2D eigenvalue weighted by molar-refractivity contribution is 0.422. The van der Waals surface area contributed by atoms with Gasteiger partial charge in [0.25, 0.3) is 0 Å². The maximum Gasteiger partial charge on any atom is 0.154 e. The SMILES string of the molecule is CCNC1CCN(c2cccc(-c3cnc4ccc(N5CCCC5c5cccc(F)c5)nn34)n2)CC1. The van der Waals surface area contributed by atoms with E-state index < -0.39 is 0 Å². The van der Waals surface area contributed by atoms with E-state index in [2.05, 4.69) is 39.2 Å². The van der Waals surface area contributed by atoms with Crippen LogP contribution in [-0.4, -0.2) is 51.8 Å². The standard InChI is InChI=1S/C28H32FN7/c1-2-30-22-13-16-34(17-14-22)27-10-4-8-23(32-27)25-19-31-26-11-12-28(33-36(25)26)35-15-5-9-24(35)20-6-3-7-21(29)18-20/h3-4,6-8,10-12,18-19,22,24,30H,2,5,9,13-17H2,1H3. The fraction of sp³-hybridized carbons (Fsp3) is 0.393. The number of nitrogens with one attached hydrogen (secondary N) is 1. The number of rotatable bonds is 6. The minimum Gasteiger partial charge on any atom is -0.356 e. The highest BCUT2D eigenvalue weighted by atomic mass is 19.1. The summed E-state index contributed by atoms with van der Waals surface area (Å²) in [6.07, 6.45) is 6.13. The molecule has 0 saturated carbocycles. The Balaban J connectivity index is 1.29. The molecule has 0 amide bonds. The molecule has 1 unspecified atom stereocenters. The van der Waals surface area contributed by atoms with Crippen molar-refractivity contribution in [2.45, 2.75) is 44.7 Å². The van der Waals surface area contributed by atoms with Gasteiger partial charge in [0.2, 0.25) is 0 Å². The van der Waals surface area contributed by atoms with Gasteiger partial charge in [0, 0.05) is 25.7 Å². The van der Waals surface area contributed by atoms with Gasteiger partial charge in [0.15, 0.2) is 5.65 Å². The van der Waals surface area contributed by atoms with Crippen molar-refractivity contribution in [3.8, 4) is 11.4 Å². The van der Waals surface area contributed by atoms with Crippen molar-refractivity contribution < 1.29 is 4.39 Å². The number of imidazole rings is 1. The van der Waals surface area contributed by atoms with Crippen LogP contribution in [-0.2, 0) is 0 Å². The lowest BCUT2D eigenvalue weighted by Crippen LogP contribution is -2.42. The number of piperidine rings is 1. The number of fused-ring (bicyclic) bond motifs is 1. The van der Waals surface area contributed by atoms with Crippen molar-refractivity contribution in [3.63, 3.8) is 0 Å². The molecule has 1 atom stereocenters. The van der Waals surface area contributed by atoms with E-state index in [1.165, 1.54) is 6.07 Å². The van der Waals surface area contributed by atoms with E-state index in [-0.39, 0.29) is 11.9 Å². The van der Waals surface area contributed by atoms with E-state index in [0.29, 0.717) is 6.04 Å². The monoisotopic (exact) mass is 485 g/mol. The number of hydrogen-bond donors (Lipinski definition) is 1. The highest BCUT2D eigenvalue weighted by Gasteiger charge is 2.28. The van der Waals surface area contributed by atoms with Crippen LogP contribution in [0.2, 0.25) is 0 Å². The molecule has 4 aromatic rings. The molecular weight excluding hydrogens is 453 g/mol. The van der Waals surface area contributed by atoms with Crippen molar-refractivity contribution in [3.05, 3.63) is 72.2 Å². The van der Waals surface area contributed by atoms with E-state index in [0.717, 1.165) is 86.1 Å². The molecule has 36 heavy (non-hydrogen) atoms. The Morgan fingerprint density at radius 3 is 2.67 bits per heavy atom. The molecule has 2 aliphatic rings. The van der Waals surface area contributed by atoms with Crippen LogP contribution >= 0.6 is 0 Å². The van der Waals surface area contributed by atoms with Crippen molar-refractivity contribution in [1.29, 1.82) is 0 Å². The molecule has 2 aliphatic heterocycles. The van der Waals surface area contributed by atoms with Crippen molar-refractivity contribution >= 4 is 17.3 Å². The molecule has 0 spiro atoms. The molecule has 7 nitrogen and oxygen atoms in total. The van der Waals surface area contributed by atoms with E-state index >= 15 is 0 Å². The number of benzene rings is 1. The average molecular weight is 486 g/mol. The highest BCUT2D eigenvalue weighted by molar-refractivity contribution is 5.62. The molecule has 2 saturated heterocycles. The first-order chi connectivity index (χ1) is 17.7. The summed E-state index contributed by atoms with van der Waals surface area (Å²) in [5.74, 6) is 1.67. The summed E-state index contributed by atoms with van der Waals surface area (Å²) in [5, 5.41) is 8.55. The van der Waals surface area contributed by atoms with Gasteiger partial charge in [0.1, 0.15) is 23.1 Å². The zero-order valence-electron chi connectivity index (χ0n) is 20.6. The summed E-state index contributed by atoms with van der Waals surface area (Å²) in [5.41, 5.74) is 3.51. The molecule has 3 aromatic heterocycles. The van der Waals surface area contributed by atoms with Crippen LogP contribution < -0.4 is 15.1 Å². The van der Waals surface area contributed by atoms with Gasteiger partial charge in [-0.05, 0) is 74.2 Å². The fourth-order valence-electron chi connectivity index (χ4n) is 5.64. The lowest BCUT2D eigenvalue weighted by atomic mass is 10.0. The molecule has 0 radical (unpaired) electrons. The number of aromatic nitrogens is 4. The molecule has 1 N–H and O–H groups in total. The van der Waals surface area contributed by atoms with Gasteiger partial charge in [-0.3, -0.25) is 0 Å². The van der Waals surface area contributed by atoms with Gasteiger partial charge in [0.05, 0.1) is 17.9 Å². The first kappa shape index (κ1) is 22.9. The van der Waals surface area contributed by atoms with Crippen molar-refractivity contribution in [1.82, 2.24) is 24.9 Å². The minimum absolute atomic E-state index is 0.115. The third-order valence-electron chi connectivity index (χ3n) is 7.44. The summed E-state index contributed by atoms with van der Waals surface area (Å²) < 4.78 is 15.8. The third-order valence-corrected chi connectivity index (χ3v) is 7.44. The Hall–Kier alpha value is -3.52. The van der Waals surface area contributed by atoms with Crippen LogP contribution in [0.3, 0.4) is 0 Å². The number of nitrogens with zero attached hydrogens (tertiary/aromatic N) is 6. The topological polar surface area (TPSA) is 61.6 Å². The normalized spacial score (nSPS) is 18.9. The summed E-state index contributed by atoms with van der Waals surface area (Å²) in [6, 6.07) is 17.8. The molecule has 2 fully saturated rings. The van der Waals surface area contributed by atoms with Crippen LogP contribution in [0, 0.1) is 5.82 Å². The molecule has 8 heteroatoms. The third kappa shape index (κ3) is 4.41. The Kier molecular flexibility index (Phi) is 6.27. The predicted molar refractivity (Wildman–Crippen MR) is 141 cm³/mol. The maximum absolute atomic E-state index is 13.9. The number of halogens is 1. The van der Waals surface area contributed by atoms with Crippen LogP contribution in [0.1, 0.15) is 44.2 Å². The summed E-state index contributed by atoms with van der Waals surface area (Å²) in [7, 11) is 0. The van der Waals surface area contributed by atoms with Crippen LogP contribution in [0.25, 0.3) is 17.0 Å². The van der Waals surface area contributed by atoms with Gasteiger partial charge in [-0.15, -0.1) is 5.10 Å². The largest absolute Gasteiger partial charge is 0.356 e. The molecule has 186 valence electrons. The molecule has 6 rings (SSSR count). The summed E-state index contributed by atoms with van der Waals surface area (Å²) in [6.45, 7) is 6.07. The predicted octanol–water partition coefficient (Wildman–Crippen LogP) is 4.85. The van der Waals surface area contributed by atoms with Crippen LogP contribution in [0.4, 0.5) is 16.0 Å². The first-order valence-electron chi connectivity index (χ1n) is 13.0. The van der Waals surface area contributed by atoms with E-state index in [9.17, 15) is 4.39 Å². The molecule has 0 bridgehead atoms. The molecule has 1 aromatic carbocycles. The number of anilines is 2. The summed E-state index contributed by atoms with van der Waals surface area (Å²) in [4.78, 5) is 14.2. The Bertz CT molecular complexity index is 1340. The van der Waals surface area contributed by atoms with Crippen LogP contribution in [0.5, 0.6) is 0 Å². The second-order valence-corrected chi connectivity index (χ2v) is 9.71. The van der Waals surface area contributed by atoms with Gasteiger partial charge < -0.3 is 15.1 Å². The zero-order valence-corrected chi connectivity index (χ0v) is 20.6. The van der Waals surface area contributed by atoms with E-state index in [1.54, 1.807) is 12.1 Å². The molecule has 0 aliphatic carbocycles. The number of hydrogen-bond acceptors (Lipinski definition) is 6. The van der Waals surface area contributed by atoms with Gasteiger partial charge in [-0.2, -0.15) is 0 Å². The maximum atomic E-state index is 13.9. The zero-order chi connectivity index (χ0) is 24.5. The smallest absolute Gasteiger partial charge is 0.154 e. The van der Waals surface area contributed by atoms with Crippen molar-refractivity contribution in [2.75, 3.05) is 36.0 Å². The van der Waals surface area contributed by atoms with Gasteiger partial charge in [-0.1, -0.05) is 25.1 Å². The number of pyridine rings is 1. The highest BCUT2D eigenvalue weighted by Crippen LogP contribution is 2.35. The second kappa shape index (κ2) is 9.85. The second-order valence-electron chi connectivity index (χ2n) is 9.71. The lowest BCUT2D eigenvalue weighted by Gasteiger charge is -2.33. The van der Waals surface area contributed by atoms with Crippen molar-refractivity contribution in [2.24, 2.45) is 0 Å². The fourth-order valence-corrected chi connectivity index (χ4v) is 5.64. The quantitative estimate of drug-likeness (QED) is 0.421. The Labute approximate surface area is 211 Å².